The Morgan fingerprint density at radius 1 is 1.21 bits per heavy atom. The number of carbonyl (C=O) groups excluding carboxylic acids is 1. The molecule has 3 aromatic rings. The van der Waals surface area contributed by atoms with Crippen LogP contribution in [0.25, 0.3) is 0 Å². The highest BCUT2D eigenvalue weighted by molar-refractivity contribution is 7.89. The Labute approximate surface area is 168 Å². The van der Waals surface area contributed by atoms with Crippen molar-refractivity contribution in [3.63, 3.8) is 0 Å². The van der Waals surface area contributed by atoms with Gasteiger partial charge in [-0.1, -0.05) is 30.3 Å². The SMILES string of the molecule is CN(CC(=O)NC(c1cccc(F)c1)c1nccn1C)S(=O)(=O)c1ccccc1. The fraction of sp³-hybridized carbons (Fsp3) is 0.200. The Hall–Kier alpha value is -3.04. The van der Waals surface area contributed by atoms with E-state index in [1.165, 1.54) is 31.3 Å². The second kappa shape index (κ2) is 8.54. The molecule has 9 heteroatoms. The van der Waals surface area contributed by atoms with Crippen molar-refractivity contribution >= 4 is 15.9 Å². The number of nitrogens with one attached hydrogen (secondary N) is 1. The van der Waals surface area contributed by atoms with E-state index in [1.54, 1.807) is 54.3 Å². The number of sulfonamides is 1. The summed E-state index contributed by atoms with van der Waals surface area (Å²) < 4.78 is 41.7. The number of rotatable bonds is 7. The normalized spacial score (nSPS) is 12.7. The molecule has 0 aliphatic carbocycles. The van der Waals surface area contributed by atoms with Gasteiger partial charge in [0.05, 0.1) is 11.4 Å². The molecule has 1 amide bonds. The summed E-state index contributed by atoms with van der Waals surface area (Å²) in [5.41, 5.74) is 0.501. The van der Waals surface area contributed by atoms with Crippen molar-refractivity contribution in [1.29, 1.82) is 0 Å². The largest absolute Gasteiger partial charge is 0.341 e. The Kier molecular flexibility index (Phi) is 6.09. The standard InChI is InChI=1S/C20H21FN4O3S/c1-24-12-11-22-20(24)19(15-7-6-8-16(21)13-15)23-18(26)14-25(2)29(27,28)17-9-4-3-5-10-17/h3-13,19H,14H2,1-2H3,(H,23,26). The summed E-state index contributed by atoms with van der Waals surface area (Å²) >= 11 is 0. The maximum atomic E-state index is 13.7. The number of aromatic nitrogens is 2. The number of carbonyl (C=O) groups is 1. The molecular weight excluding hydrogens is 395 g/mol. The number of benzene rings is 2. The zero-order valence-corrected chi connectivity index (χ0v) is 16.8. The Bertz CT molecular complexity index is 1100. The molecule has 0 aliphatic rings. The van der Waals surface area contributed by atoms with Crippen molar-refractivity contribution in [2.75, 3.05) is 13.6 Å². The molecule has 0 saturated carbocycles. The molecule has 0 spiro atoms. The lowest BCUT2D eigenvalue weighted by atomic mass is 10.1. The molecule has 3 rings (SSSR count). The third kappa shape index (κ3) is 4.69. The molecule has 7 nitrogen and oxygen atoms in total. The number of hydrogen-bond acceptors (Lipinski definition) is 4. The number of imidazole rings is 1. The maximum Gasteiger partial charge on any atom is 0.243 e. The molecule has 0 radical (unpaired) electrons. The summed E-state index contributed by atoms with van der Waals surface area (Å²) in [6.45, 7) is -0.395. The predicted molar refractivity (Wildman–Crippen MR) is 106 cm³/mol. The molecule has 1 heterocycles. The van der Waals surface area contributed by atoms with Crippen LogP contribution in [0.15, 0.2) is 71.9 Å². The van der Waals surface area contributed by atoms with E-state index in [1.807, 2.05) is 0 Å². The summed E-state index contributed by atoms with van der Waals surface area (Å²) in [5.74, 6) is -0.485. The average Bonchev–Trinajstić information content (AvgIpc) is 3.12. The zero-order chi connectivity index (χ0) is 21.0. The number of hydrogen-bond donors (Lipinski definition) is 1. The van der Waals surface area contributed by atoms with Gasteiger partial charge in [-0.05, 0) is 29.8 Å². The minimum atomic E-state index is -3.81. The first-order valence-electron chi connectivity index (χ1n) is 8.82. The molecule has 0 aliphatic heterocycles. The number of likely N-dealkylation sites (N-methyl/N-ethyl adjacent to an activating group) is 1. The van der Waals surface area contributed by atoms with Gasteiger partial charge in [0.2, 0.25) is 15.9 Å². The lowest BCUT2D eigenvalue weighted by molar-refractivity contribution is -0.121. The first-order chi connectivity index (χ1) is 13.8. The first kappa shape index (κ1) is 20.7. The van der Waals surface area contributed by atoms with Crippen LogP contribution in [0.2, 0.25) is 0 Å². The Morgan fingerprint density at radius 3 is 2.55 bits per heavy atom. The highest BCUT2D eigenvalue weighted by atomic mass is 32.2. The van der Waals surface area contributed by atoms with E-state index in [0.29, 0.717) is 11.4 Å². The third-order valence-corrected chi connectivity index (χ3v) is 6.24. The van der Waals surface area contributed by atoms with Crippen molar-refractivity contribution in [2.24, 2.45) is 7.05 Å². The van der Waals surface area contributed by atoms with E-state index in [0.717, 1.165) is 4.31 Å². The summed E-state index contributed by atoms with van der Waals surface area (Å²) in [6, 6.07) is 13.0. The second-order valence-electron chi connectivity index (χ2n) is 6.53. The molecule has 152 valence electrons. The number of aryl methyl sites for hydroxylation is 1. The Balaban J connectivity index is 1.81. The molecule has 1 N–H and O–H groups in total. The highest BCUT2D eigenvalue weighted by Crippen LogP contribution is 2.21. The van der Waals surface area contributed by atoms with Crippen molar-refractivity contribution < 1.29 is 17.6 Å². The van der Waals surface area contributed by atoms with E-state index in [4.69, 9.17) is 0 Å². The van der Waals surface area contributed by atoms with Crippen LogP contribution in [0, 0.1) is 5.82 Å². The molecule has 0 saturated heterocycles. The number of nitrogens with zero attached hydrogens (tertiary/aromatic N) is 3. The van der Waals surface area contributed by atoms with Crippen molar-refractivity contribution in [3.05, 3.63) is 84.2 Å². The van der Waals surface area contributed by atoms with E-state index < -0.39 is 34.3 Å². The summed E-state index contributed by atoms with van der Waals surface area (Å²) in [5, 5.41) is 2.76. The molecule has 1 atom stereocenters. The van der Waals surface area contributed by atoms with Gasteiger partial charge in [-0.2, -0.15) is 4.31 Å². The fourth-order valence-corrected chi connectivity index (χ4v) is 4.05. The fourth-order valence-electron chi connectivity index (χ4n) is 2.90. The van der Waals surface area contributed by atoms with Crippen LogP contribution in [-0.2, 0) is 21.9 Å². The second-order valence-corrected chi connectivity index (χ2v) is 8.57. The van der Waals surface area contributed by atoms with Crippen LogP contribution in [0.1, 0.15) is 17.4 Å². The number of halogens is 1. The molecule has 29 heavy (non-hydrogen) atoms. The van der Waals surface area contributed by atoms with Crippen molar-refractivity contribution in [3.8, 4) is 0 Å². The highest BCUT2D eigenvalue weighted by Gasteiger charge is 2.26. The smallest absolute Gasteiger partial charge is 0.243 e. The molecule has 1 unspecified atom stereocenters. The van der Waals surface area contributed by atoms with Crippen LogP contribution >= 0.6 is 0 Å². The molecule has 0 bridgehead atoms. The van der Waals surface area contributed by atoms with Crippen LogP contribution in [0.4, 0.5) is 4.39 Å². The van der Waals surface area contributed by atoms with Crippen LogP contribution in [-0.4, -0.2) is 41.8 Å². The van der Waals surface area contributed by atoms with E-state index in [-0.39, 0.29) is 4.90 Å². The molecular formula is C20H21FN4O3S. The molecule has 0 fully saturated rings. The lowest BCUT2D eigenvalue weighted by Gasteiger charge is -2.22. The quantitative estimate of drug-likeness (QED) is 0.639. The lowest BCUT2D eigenvalue weighted by Crippen LogP contribution is -2.40. The van der Waals surface area contributed by atoms with Crippen molar-refractivity contribution in [2.45, 2.75) is 10.9 Å². The van der Waals surface area contributed by atoms with Gasteiger partial charge in [0.1, 0.15) is 17.7 Å². The van der Waals surface area contributed by atoms with Crippen molar-refractivity contribution in [1.82, 2.24) is 19.2 Å². The molecule has 2 aromatic carbocycles. The van der Waals surface area contributed by atoms with Gasteiger partial charge in [-0.3, -0.25) is 4.79 Å². The van der Waals surface area contributed by atoms with Gasteiger partial charge in [0.15, 0.2) is 0 Å². The summed E-state index contributed by atoms with van der Waals surface area (Å²) in [4.78, 5) is 17.0. The monoisotopic (exact) mass is 416 g/mol. The van der Waals surface area contributed by atoms with Crippen LogP contribution < -0.4 is 5.32 Å². The van der Waals surface area contributed by atoms with Gasteiger partial charge >= 0.3 is 0 Å². The van der Waals surface area contributed by atoms with Crippen LogP contribution in [0.5, 0.6) is 0 Å². The molecule has 1 aromatic heterocycles. The van der Waals surface area contributed by atoms with Gasteiger partial charge in [0.25, 0.3) is 0 Å². The topological polar surface area (TPSA) is 84.3 Å². The van der Waals surface area contributed by atoms with Gasteiger partial charge < -0.3 is 9.88 Å². The van der Waals surface area contributed by atoms with Crippen LogP contribution in [0.3, 0.4) is 0 Å². The predicted octanol–water partition coefficient (Wildman–Crippen LogP) is 2.09. The minimum Gasteiger partial charge on any atom is -0.341 e. The minimum absolute atomic E-state index is 0.0982. The summed E-state index contributed by atoms with van der Waals surface area (Å²) in [6.07, 6.45) is 3.28. The van der Waals surface area contributed by atoms with E-state index >= 15 is 0 Å². The van der Waals surface area contributed by atoms with E-state index in [9.17, 15) is 17.6 Å². The number of amides is 1. The first-order valence-corrected chi connectivity index (χ1v) is 10.3. The van der Waals surface area contributed by atoms with Gasteiger partial charge in [-0.15, -0.1) is 0 Å². The van der Waals surface area contributed by atoms with Gasteiger partial charge in [0, 0.05) is 26.5 Å². The average molecular weight is 416 g/mol. The summed E-state index contributed by atoms with van der Waals surface area (Å²) in [7, 11) is -0.722. The van der Waals surface area contributed by atoms with Gasteiger partial charge in [-0.25, -0.2) is 17.8 Å². The Morgan fingerprint density at radius 2 is 1.93 bits per heavy atom. The zero-order valence-electron chi connectivity index (χ0n) is 16.0. The maximum absolute atomic E-state index is 13.7. The third-order valence-electron chi connectivity index (χ3n) is 4.42. The van der Waals surface area contributed by atoms with E-state index in [2.05, 4.69) is 10.3 Å².